The molecule has 14 heavy (non-hydrogen) atoms. The second-order valence-corrected chi connectivity index (χ2v) is 3.54. The molecule has 76 valence electrons. The number of hydrogen-bond acceptors (Lipinski definition) is 3. The van der Waals surface area contributed by atoms with Gasteiger partial charge < -0.3 is 5.73 Å². The molecule has 3 nitrogen and oxygen atoms in total. The zero-order chi connectivity index (χ0) is 10.6. The predicted molar refractivity (Wildman–Crippen MR) is 59.6 cm³/mol. The van der Waals surface area contributed by atoms with E-state index in [1.807, 2.05) is 6.08 Å². The van der Waals surface area contributed by atoms with Crippen LogP contribution in [0.3, 0.4) is 0 Å². The lowest BCUT2D eigenvalue weighted by Crippen LogP contribution is -2.00. The summed E-state index contributed by atoms with van der Waals surface area (Å²) in [7, 11) is 0. The highest BCUT2D eigenvalue weighted by atomic mass is 35.5. The largest absolute Gasteiger partial charge is 0.368 e. The highest BCUT2D eigenvalue weighted by Gasteiger charge is 2.09. The summed E-state index contributed by atoms with van der Waals surface area (Å²) in [5.74, 6) is 0.104. The molecule has 0 bridgehead atoms. The Balaban J connectivity index is 2.80. The molecule has 0 aliphatic carbocycles. The SMILES string of the molecule is C=CCCCc1c(Cl)nc(N)nc1Cl. The van der Waals surface area contributed by atoms with Gasteiger partial charge in [0.2, 0.25) is 5.95 Å². The number of aromatic nitrogens is 2. The Hall–Kier alpha value is -0.800. The van der Waals surface area contributed by atoms with E-state index in [0.29, 0.717) is 10.3 Å². The van der Waals surface area contributed by atoms with Crippen LogP contribution in [0.4, 0.5) is 5.95 Å². The van der Waals surface area contributed by atoms with Gasteiger partial charge in [0.05, 0.1) is 0 Å². The van der Waals surface area contributed by atoms with Crippen molar-refractivity contribution in [2.45, 2.75) is 19.3 Å². The minimum atomic E-state index is 0.104. The molecule has 0 saturated carbocycles. The first-order chi connectivity index (χ1) is 6.65. The van der Waals surface area contributed by atoms with Crippen LogP contribution in [0.15, 0.2) is 12.7 Å². The molecule has 1 aromatic rings. The van der Waals surface area contributed by atoms with Crippen LogP contribution in [0.5, 0.6) is 0 Å². The van der Waals surface area contributed by atoms with Crippen LogP contribution in [0.2, 0.25) is 10.3 Å². The van der Waals surface area contributed by atoms with E-state index >= 15 is 0 Å². The van der Waals surface area contributed by atoms with E-state index < -0.39 is 0 Å². The van der Waals surface area contributed by atoms with E-state index in [0.717, 1.165) is 24.8 Å². The number of anilines is 1. The maximum Gasteiger partial charge on any atom is 0.222 e. The summed E-state index contributed by atoms with van der Waals surface area (Å²) >= 11 is 11.7. The Kier molecular flexibility index (Phi) is 4.17. The maximum absolute atomic E-state index is 5.87. The molecule has 0 spiro atoms. The molecule has 0 fully saturated rings. The molecular weight excluding hydrogens is 221 g/mol. The molecule has 2 N–H and O–H groups in total. The van der Waals surface area contributed by atoms with Gasteiger partial charge in [-0.05, 0) is 19.3 Å². The zero-order valence-electron chi connectivity index (χ0n) is 7.63. The third-order valence-corrected chi connectivity index (χ3v) is 2.38. The van der Waals surface area contributed by atoms with E-state index in [-0.39, 0.29) is 5.95 Å². The zero-order valence-corrected chi connectivity index (χ0v) is 9.15. The first-order valence-electron chi connectivity index (χ1n) is 4.23. The average molecular weight is 232 g/mol. The van der Waals surface area contributed by atoms with E-state index in [4.69, 9.17) is 28.9 Å². The summed E-state index contributed by atoms with van der Waals surface area (Å²) in [6.45, 7) is 3.63. The standard InChI is InChI=1S/C9H11Cl2N3/c1-2-3-4-5-6-7(10)13-9(12)14-8(6)11/h2H,1,3-5H2,(H2,12,13,14). The lowest BCUT2D eigenvalue weighted by molar-refractivity contribution is 0.834. The minimum absolute atomic E-state index is 0.104. The summed E-state index contributed by atoms with van der Waals surface area (Å²) in [5, 5.41) is 0.679. The van der Waals surface area contributed by atoms with Gasteiger partial charge in [-0.1, -0.05) is 29.3 Å². The number of hydrogen-bond donors (Lipinski definition) is 1. The molecule has 0 unspecified atom stereocenters. The van der Waals surface area contributed by atoms with Gasteiger partial charge in [-0.3, -0.25) is 0 Å². The fourth-order valence-corrected chi connectivity index (χ4v) is 1.67. The Bertz CT molecular complexity index is 316. The van der Waals surface area contributed by atoms with Crippen LogP contribution in [0.1, 0.15) is 18.4 Å². The second-order valence-electron chi connectivity index (χ2n) is 2.82. The molecule has 0 aliphatic rings. The number of halogens is 2. The highest BCUT2D eigenvalue weighted by Crippen LogP contribution is 2.23. The van der Waals surface area contributed by atoms with E-state index in [1.54, 1.807) is 0 Å². The van der Waals surface area contributed by atoms with Crippen molar-refractivity contribution < 1.29 is 0 Å². The number of unbranched alkanes of at least 4 members (excludes halogenated alkanes) is 1. The first-order valence-corrected chi connectivity index (χ1v) is 4.99. The lowest BCUT2D eigenvalue weighted by atomic mass is 10.1. The van der Waals surface area contributed by atoms with Gasteiger partial charge >= 0.3 is 0 Å². The topological polar surface area (TPSA) is 51.8 Å². The number of nitrogens with two attached hydrogens (primary N) is 1. The number of allylic oxidation sites excluding steroid dienone is 1. The van der Waals surface area contributed by atoms with Crippen LogP contribution in [-0.2, 0) is 6.42 Å². The Morgan fingerprint density at radius 3 is 2.36 bits per heavy atom. The van der Waals surface area contributed by atoms with Gasteiger partial charge in [-0.15, -0.1) is 6.58 Å². The number of nitrogen functional groups attached to an aromatic ring is 1. The third kappa shape index (κ3) is 2.86. The number of nitrogens with zero attached hydrogens (tertiary/aromatic N) is 2. The van der Waals surface area contributed by atoms with Crippen LogP contribution >= 0.6 is 23.2 Å². The Labute approximate surface area is 93.0 Å². The highest BCUT2D eigenvalue weighted by molar-refractivity contribution is 6.34. The van der Waals surface area contributed by atoms with Crippen molar-refractivity contribution >= 4 is 29.2 Å². The van der Waals surface area contributed by atoms with E-state index in [9.17, 15) is 0 Å². The molecule has 0 aromatic carbocycles. The smallest absolute Gasteiger partial charge is 0.222 e. The van der Waals surface area contributed by atoms with Crippen molar-refractivity contribution in [2.24, 2.45) is 0 Å². The Morgan fingerprint density at radius 2 is 1.86 bits per heavy atom. The third-order valence-electron chi connectivity index (χ3n) is 1.76. The van der Waals surface area contributed by atoms with Crippen molar-refractivity contribution in [1.29, 1.82) is 0 Å². The fourth-order valence-electron chi connectivity index (χ4n) is 1.08. The summed E-state index contributed by atoms with van der Waals surface area (Å²) in [5.41, 5.74) is 6.13. The van der Waals surface area contributed by atoms with Gasteiger partial charge in [0.25, 0.3) is 0 Å². The summed E-state index contributed by atoms with van der Waals surface area (Å²) in [6.07, 6.45) is 4.43. The van der Waals surface area contributed by atoms with Crippen LogP contribution < -0.4 is 5.73 Å². The van der Waals surface area contributed by atoms with Crippen LogP contribution in [0.25, 0.3) is 0 Å². The van der Waals surface area contributed by atoms with Gasteiger partial charge in [0, 0.05) is 5.56 Å². The van der Waals surface area contributed by atoms with Gasteiger partial charge in [-0.25, -0.2) is 9.97 Å². The monoisotopic (exact) mass is 231 g/mol. The molecule has 5 heteroatoms. The van der Waals surface area contributed by atoms with Crippen molar-refractivity contribution in [1.82, 2.24) is 9.97 Å². The van der Waals surface area contributed by atoms with Crippen molar-refractivity contribution in [2.75, 3.05) is 5.73 Å². The van der Waals surface area contributed by atoms with Crippen molar-refractivity contribution in [3.63, 3.8) is 0 Å². The fraction of sp³-hybridized carbons (Fsp3) is 0.333. The first kappa shape index (κ1) is 11.3. The molecule has 0 amide bonds. The predicted octanol–water partition coefficient (Wildman–Crippen LogP) is 2.87. The molecule has 0 atom stereocenters. The van der Waals surface area contributed by atoms with Gasteiger partial charge in [0.1, 0.15) is 10.3 Å². The molecular formula is C9H11Cl2N3. The quantitative estimate of drug-likeness (QED) is 0.493. The van der Waals surface area contributed by atoms with E-state index in [2.05, 4.69) is 16.5 Å². The molecule has 1 aromatic heterocycles. The van der Waals surface area contributed by atoms with E-state index in [1.165, 1.54) is 0 Å². The van der Waals surface area contributed by atoms with Crippen molar-refractivity contribution in [3.8, 4) is 0 Å². The maximum atomic E-state index is 5.87. The van der Waals surface area contributed by atoms with Gasteiger partial charge in [-0.2, -0.15) is 0 Å². The lowest BCUT2D eigenvalue weighted by Gasteiger charge is -2.04. The Morgan fingerprint density at radius 1 is 1.29 bits per heavy atom. The molecule has 1 rings (SSSR count). The summed E-state index contributed by atoms with van der Waals surface area (Å²) in [4.78, 5) is 7.67. The number of rotatable bonds is 4. The summed E-state index contributed by atoms with van der Waals surface area (Å²) < 4.78 is 0. The van der Waals surface area contributed by atoms with Gasteiger partial charge in [0.15, 0.2) is 0 Å². The molecule has 0 radical (unpaired) electrons. The molecule has 0 saturated heterocycles. The van der Waals surface area contributed by atoms with Crippen LogP contribution in [0, 0.1) is 0 Å². The summed E-state index contributed by atoms with van der Waals surface area (Å²) in [6, 6.07) is 0. The second kappa shape index (κ2) is 5.17. The van der Waals surface area contributed by atoms with Crippen molar-refractivity contribution in [3.05, 3.63) is 28.5 Å². The van der Waals surface area contributed by atoms with Crippen LogP contribution in [-0.4, -0.2) is 9.97 Å². The molecule has 1 heterocycles. The minimum Gasteiger partial charge on any atom is -0.368 e. The normalized spacial score (nSPS) is 10.1. The molecule has 0 aliphatic heterocycles. The average Bonchev–Trinajstić information content (AvgIpc) is 2.09.